The van der Waals surface area contributed by atoms with Gasteiger partial charge in [-0.1, -0.05) is 97.1 Å². The van der Waals surface area contributed by atoms with Gasteiger partial charge in [-0.15, -0.1) is 0 Å². The highest BCUT2D eigenvalue weighted by Gasteiger charge is 2.32. The first kappa shape index (κ1) is 33.4. The average Bonchev–Trinajstić information content (AvgIpc) is 3.79. The zero-order valence-corrected chi connectivity index (χ0v) is 30.9. The summed E-state index contributed by atoms with van der Waals surface area (Å²) in [6.07, 6.45) is 20.8. The molecule has 3 aliphatic rings. The third kappa shape index (κ3) is 5.19. The number of benzene rings is 5. The van der Waals surface area contributed by atoms with Crippen LogP contribution in [0.2, 0.25) is 0 Å². The molecule has 2 aromatic heterocycles. The molecule has 0 spiro atoms. The summed E-state index contributed by atoms with van der Waals surface area (Å²) in [6, 6.07) is 43.0. The van der Waals surface area contributed by atoms with E-state index in [1.165, 1.54) is 27.7 Å². The molecular weight excluding hydrogens is 683 g/mol. The molecule has 56 heavy (non-hydrogen) atoms. The van der Waals surface area contributed by atoms with Gasteiger partial charge >= 0.3 is 0 Å². The highest BCUT2D eigenvalue weighted by atomic mass is 15.0. The number of aromatic nitrogens is 2. The molecule has 0 radical (unpaired) electrons. The van der Waals surface area contributed by atoms with E-state index in [1.54, 1.807) is 0 Å². The molecule has 10 rings (SSSR count). The Labute approximate surface area is 325 Å². The second-order valence-corrected chi connectivity index (χ2v) is 15.1. The molecule has 0 aliphatic heterocycles. The van der Waals surface area contributed by atoms with Crippen LogP contribution in [0.4, 0.5) is 0 Å². The quantitative estimate of drug-likeness (QED) is 0.178. The van der Waals surface area contributed by atoms with Crippen molar-refractivity contribution in [2.75, 3.05) is 0 Å². The number of allylic oxidation sites excluding steroid dienone is 10. The molecule has 0 N–H and O–H groups in total. The molecule has 2 unspecified atom stereocenters. The van der Waals surface area contributed by atoms with Gasteiger partial charge in [-0.3, -0.25) is 0 Å². The van der Waals surface area contributed by atoms with Crippen LogP contribution in [0.15, 0.2) is 151 Å². The van der Waals surface area contributed by atoms with Crippen molar-refractivity contribution in [1.29, 1.82) is 15.8 Å². The lowest BCUT2D eigenvalue weighted by Gasteiger charge is -2.31. The van der Waals surface area contributed by atoms with E-state index in [2.05, 4.69) is 137 Å². The molecule has 0 saturated carbocycles. The largest absolute Gasteiger partial charge is 0.313 e. The van der Waals surface area contributed by atoms with Crippen LogP contribution in [0.25, 0.3) is 60.6 Å². The van der Waals surface area contributed by atoms with Crippen molar-refractivity contribution < 1.29 is 0 Å². The van der Waals surface area contributed by atoms with Crippen molar-refractivity contribution in [3.8, 4) is 23.9 Å². The maximum atomic E-state index is 10.1. The molecular formula is C51H37N5. The van der Waals surface area contributed by atoms with Crippen LogP contribution >= 0.6 is 0 Å². The smallest absolute Gasteiger partial charge is 0.101 e. The minimum Gasteiger partial charge on any atom is -0.313 e. The van der Waals surface area contributed by atoms with E-state index < -0.39 is 0 Å². The maximum Gasteiger partial charge on any atom is 0.101 e. The lowest BCUT2D eigenvalue weighted by molar-refractivity contribution is 0.636. The molecule has 0 amide bonds. The molecule has 0 bridgehead atoms. The van der Waals surface area contributed by atoms with E-state index in [0.717, 1.165) is 81.7 Å². The van der Waals surface area contributed by atoms with Crippen LogP contribution in [0.1, 0.15) is 60.3 Å². The van der Waals surface area contributed by atoms with Gasteiger partial charge in [0.25, 0.3) is 0 Å². The van der Waals surface area contributed by atoms with Crippen molar-refractivity contribution >= 4 is 54.9 Å². The molecule has 3 aliphatic carbocycles. The first-order valence-electron chi connectivity index (χ1n) is 19.5. The number of fused-ring (bicyclic) bond motifs is 6. The number of hydrogen-bond donors (Lipinski definition) is 0. The van der Waals surface area contributed by atoms with Crippen molar-refractivity contribution in [3.05, 3.63) is 173 Å². The SMILES string of the molecule is N#Cc1ccc2c(c1)c1cccc(C3C=CC=CC3C3=CCCC=C3c3cccc4c3c3ccccc3n4-c3ccccc3C#N)c1n2C1=C[C@H](C#N)CCC1. The predicted octanol–water partition coefficient (Wildman–Crippen LogP) is 12.4. The van der Waals surface area contributed by atoms with E-state index in [0.29, 0.717) is 11.1 Å². The van der Waals surface area contributed by atoms with Crippen molar-refractivity contribution in [1.82, 2.24) is 9.13 Å². The Hall–Kier alpha value is -7.13. The number of nitriles is 3. The van der Waals surface area contributed by atoms with Crippen molar-refractivity contribution in [2.24, 2.45) is 11.8 Å². The second kappa shape index (κ2) is 13.6. The van der Waals surface area contributed by atoms with Gasteiger partial charge in [-0.25, -0.2) is 0 Å². The van der Waals surface area contributed by atoms with E-state index in [-0.39, 0.29) is 17.8 Å². The Balaban J connectivity index is 1.16. The van der Waals surface area contributed by atoms with Gasteiger partial charge in [0.15, 0.2) is 0 Å². The summed E-state index contributed by atoms with van der Waals surface area (Å²) < 4.78 is 4.65. The molecule has 266 valence electrons. The summed E-state index contributed by atoms with van der Waals surface area (Å²) in [5.41, 5.74) is 12.7. The molecule has 7 aromatic rings. The number of para-hydroxylation sites is 3. The predicted molar refractivity (Wildman–Crippen MR) is 227 cm³/mol. The lowest BCUT2D eigenvalue weighted by atomic mass is 9.73. The monoisotopic (exact) mass is 719 g/mol. The zero-order chi connectivity index (χ0) is 37.8. The fraction of sp³-hybridized carbons (Fsp3) is 0.157. The first-order valence-corrected chi connectivity index (χ1v) is 19.5. The average molecular weight is 720 g/mol. The van der Waals surface area contributed by atoms with Gasteiger partial charge in [0.2, 0.25) is 0 Å². The standard InChI is InChI=1S/C51H37N5/c52-30-33-12-9-14-36(28-33)55-48-27-26-34(31-53)29-45(48)43-22-10-21-42(51(43)55)40-18-5-3-16-38(40)37-15-2-4-17-39(37)41-20-11-25-49-50(41)44-19-6-8-24-47(44)56(49)46-23-7-1-13-35(46)32-54/h1,3,5-8,10-11,13,15-29,33,38,40H,2,4,9,12,14H2/t33-,38?,40?/m1/s1. The van der Waals surface area contributed by atoms with E-state index >= 15 is 0 Å². The van der Waals surface area contributed by atoms with E-state index in [1.807, 2.05) is 36.4 Å². The Bertz CT molecular complexity index is 3060. The fourth-order valence-electron chi connectivity index (χ4n) is 9.67. The fourth-order valence-corrected chi connectivity index (χ4v) is 9.67. The molecule has 5 aromatic carbocycles. The van der Waals surface area contributed by atoms with Crippen molar-refractivity contribution in [3.63, 3.8) is 0 Å². The van der Waals surface area contributed by atoms with Crippen molar-refractivity contribution in [2.45, 2.75) is 38.0 Å². The molecule has 0 fully saturated rings. The normalized spacial score (nSPS) is 19.4. The highest BCUT2D eigenvalue weighted by Crippen LogP contribution is 2.48. The summed E-state index contributed by atoms with van der Waals surface area (Å²) in [6.45, 7) is 0. The zero-order valence-electron chi connectivity index (χ0n) is 30.9. The first-order chi connectivity index (χ1) is 27.7. The van der Waals surface area contributed by atoms with Crippen LogP contribution in [0, 0.1) is 45.8 Å². The minimum atomic E-state index is -0.121. The summed E-state index contributed by atoms with van der Waals surface area (Å²) in [4.78, 5) is 0. The van der Waals surface area contributed by atoms with Crippen LogP contribution in [0.3, 0.4) is 0 Å². The molecule has 5 nitrogen and oxygen atoms in total. The Morgan fingerprint density at radius 2 is 1.41 bits per heavy atom. The summed E-state index contributed by atoms with van der Waals surface area (Å²) in [5.74, 6) is -0.0217. The van der Waals surface area contributed by atoms with Gasteiger partial charge in [0.1, 0.15) is 6.07 Å². The molecule has 3 atom stereocenters. The molecule has 5 heteroatoms. The third-order valence-electron chi connectivity index (χ3n) is 12.0. The number of hydrogen-bond acceptors (Lipinski definition) is 3. The van der Waals surface area contributed by atoms with Crippen LogP contribution < -0.4 is 0 Å². The number of nitrogens with zero attached hydrogens (tertiary/aromatic N) is 5. The van der Waals surface area contributed by atoms with Gasteiger partial charge in [-0.05, 0) is 103 Å². The van der Waals surface area contributed by atoms with E-state index in [9.17, 15) is 15.8 Å². The minimum absolute atomic E-state index is 0.0361. The Morgan fingerprint density at radius 3 is 2.29 bits per heavy atom. The molecule has 2 heterocycles. The Morgan fingerprint density at radius 1 is 0.643 bits per heavy atom. The van der Waals surface area contributed by atoms with Crippen LogP contribution in [-0.4, -0.2) is 9.13 Å². The summed E-state index contributed by atoms with van der Waals surface area (Å²) in [5, 5.41) is 34.6. The van der Waals surface area contributed by atoms with Gasteiger partial charge in [0.05, 0.1) is 56.9 Å². The summed E-state index contributed by atoms with van der Waals surface area (Å²) in [7, 11) is 0. The van der Waals surface area contributed by atoms with Gasteiger partial charge < -0.3 is 9.13 Å². The van der Waals surface area contributed by atoms with Gasteiger partial charge in [-0.2, -0.15) is 15.8 Å². The molecule has 0 saturated heterocycles. The second-order valence-electron chi connectivity index (χ2n) is 15.1. The number of rotatable bonds is 5. The third-order valence-corrected chi connectivity index (χ3v) is 12.0. The van der Waals surface area contributed by atoms with Crippen LogP contribution in [0.5, 0.6) is 0 Å². The lowest BCUT2D eigenvalue weighted by Crippen LogP contribution is -2.17. The maximum absolute atomic E-state index is 10.1. The Kier molecular flexibility index (Phi) is 8.13. The van der Waals surface area contributed by atoms with Gasteiger partial charge in [0, 0.05) is 39.1 Å². The van der Waals surface area contributed by atoms with E-state index in [4.69, 9.17) is 0 Å². The highest BCUT2D eigenvalue weighted by molar-refractivity contribution is 6.15. The van der Waals surface area contributed by atoms with Crippen LogP contribution in [-0.2, 0) is 0 Å². The topological polar surface area (TPSA) is 81.2 Å². The summed E-state index contributed by atoms with van der Waals surface area (Å²) >= 11 is 0.